The molecule has 0 saturated carbocycles. The summed E-state index contributed by atoms with van der Waals surface area (Å²) in [5.41, 5.74) is 0. The van der Waals surface area contributed by atoms with Crippen molar-refractivity contribution in [1.82, 2.24) is 5.32 Å². The van der Waals surface area contributed by atoms with Crippen LogP contribution in [-0.4, -0.2) is 34.9 Å². The summed E-state index contributed by atoms with van der Waals surface area (Å²) in [6, 6.07) is -0.642. The number of carbonyl (C=O) groups excluding carboxylic acids is 1. The largest absolute Gasteiger partial charge is 0.394 e. The molecule has 0 radical (unpaired) electrons. The first kappa shape index (κ1) is 32.4. The fourth-order valence-corrected chi connectivity index (χ4v) is 3.54. The van der Waals surface area contributed by atoms with Crippen molar-refractivity contribution < 1.29 is 15.0 Å². The Balaban J connectivity index is 3.78. The molecule has 0 fully saturated rings. The number of hydrogen-bond donors (Lipinski definition) is 3. The number of unbranched alkanes of at least 4 members (excludes halogenated alkanes) is 10. The molecule has 0 bridgehead atoms. The van der Waals surface area contributed by atoms with Gasteiger partial charge in [-0.3, -0.25) is 4.79 Å². The van der Waals surface area contributed by atoms with Gasteiger partial charge in [0.2, 0.25) is 5.91 Å². The molecule has 1 amide bonds. The van der Waals surface area contributed by atoms with E-state index in [9.17, 15) is 15.0 Å². The van der Waals surface area contributed by atoms with E-state index in [2.05, 4.69) is 55.6 Å². The van der Waals surface area contributed by atoms with Gasteiger partial charge >= 0.3 is 0 Å². The number of hydrogen-bond acceptors (Lipinski definition) is 3. The van der Waals surface area contributed by atoms with Gasteiger partial charge in [-0.1, -0.05) is 107 Å². The molecule has 196 valence electrons. The van der Waals surface area contributed by atoms with Crippen molar-refractivity contribution in [2.45, 2.75) is 129 Å². The highest BCUT2D eigenvalue weighted by Crippen LogP contribution is 2.09. The van der Waals surface area contributed by atoms with Gasteiger partial charge in [0.25, 0.3) is 0 Å². The standard InChI is InChI=1S/C30H53NO3/c1-3-5-7-9-11-13-14-15-16-17-18-20-22-24-26-30(34)31-28(27-32)29(33)25-23-21-19-12-10-8-6-4-2/h9-12,14-15,23,25,28-29,32-33H,3-8,13,16-22,24,26-27H2,1-2H3,(H,31,34)/b11-9-,12-10+,15-14-,25-23+. The highest BCUT2D eigenvalue weighted by atomic mass is 16.3. The van der Waals surface area contributed by atoms with Crippen molar-refractivity contribution in [2.24, 2.45) is 0 Å². The van der Waals surface area contributed by atoms with Gasteiger partial charge in [0, 0.05) is 6.42 Å². The minimum absolute atomic E-state index is 0.0970. The zero-order valence-electron chi connectivity index (χ0n) is 22.1. The van der Waals surface area contributed by atoms with Crippen LogP contribution in [0.5, 0.6) is 0 Å². The quantitative estimate of drug-likeness (QED) is 0.107. The SMILES string of the molecule is CCCC/C=C\C/C=C\CCCCCCCC(=O)NC(CO)C(O)/C=C/CC/C=C/CCCC. The Kier molecular flexibility index (Phi) is 24.7. The van der Waals surface area contributed by atoms with Crippen LogP contribution in [0, 0.1) is 0 Å². The second-order valence-electron chi connectivity index (χ2n) is 9.09. The van der Waals surface area contributed by atoms with Gasteiger partial charge < -0.3 is 15.5 Å². The maximum Gasteiger partial charge on any atom is 0.220 e. The molecule has 0 aromatic rings. The smallest absolute Gasteiger partial charge is 0.220 e. The molecule has 0 saturated heterocycles. The molecule has 0 aromatic heterocycles. The fourth-order valence-electron chi connectivity index (χ4n) is 3.54. The lowest BCUT2D eigenvalue weighted by atomic mass is 10.1. The lowest BCUT2D eigenvalue weighted by molar-refractivity contribution is -0.123. The van der Waals surface area contributed by atoms with Crippen molar-refractivity contribution in [3.05, 3.63) is 48.6 Å². The lowest BCUT2D eigenvalue weighted by Crippen LogP contribution is -2.45. The van der Waals surface area contributed by atoms with E-state index < -0.39 is 12.1 Å². The van der Waals surface area contributed by atoms with E-state index in [0.717, 1.165) is 51.4 Å². The Hall–Kier alpha value is -1.65. The van der Waals surface area contributed by atoms with E-state index in [-0.39, 0.29) is 12.5 Å². The molecular formula is C30H53NO3. The molecular weight excluding hydrogens is 422 g/mol. The molecule has 0 heterocycles. The van der Waals surface area contributed by atoms with Gasteiger partial charge in [0.05, 0.1) is 18.8 Å². The summed E-state index contributed by atoms with van der Waals surface area (Å²) in [5.74, 6) is -0.0970. The van der Waals surface area contributed by atoms with Crippen LogP contribution in [0.3, 0.4) is 0 Å². The number of carbonyl (C=O) groups is 1. The van der Waals surface area contributed by atoms with E-state index >= 15 is 0 Å². The Morgan fingerprint density at radius 2 is 1.24 bits per heavy atom. The van der Waals surface area contributed by atoms with E-state index in [4.69, 9.17) is 0 Å². The average Bonchev–Trinajstić information content (AvgIpc) is 2.84. The minimum atomic E-state index is -0.863. The van der Waals surface area contributed by atoms with Gasteiger partial charge in [0.1, 0.15) is 0 Å². The molecule has 0 spiro atoms. The zero-order chi connectivity index (χ0) is 25.1. The van der Waals surface area contributed by atoms with Crippen LogP contribution >= 0.6 is 0 Å². The van der Waals surface area contributed by atoms with Crippen molar-refractivity contribution >= 4 is 5.91 Å². The van der Waals surface area contributed by atoms with Crippen LogP contribution in [0.1, 0.15) is 117 Å². The Bertz CT molecular complexity index is 565. The molecule has 3 N–H and O–H groups in total. The van der Waals surface area contributed by atoms with Gasteiger partial charge in [0.15, 0.2) is 0 Å². The van der Waals surface area contributed by atoms with Gasteiger partial charge in [-0.2, -0.15) is 0 Å². The number of aliphatic hydroxyl groups excluding tert-OH is 2. The minimum Gasteiger partial charge on any atom is -0.394 e. The summed E-state index contributed by atoms with van der Waals surface area (Å²) in [7, 11) is 0. The van der Waals surface area contributed by atoms with Crippen molar-refractivity contribution in [1.29, 1.82) is 0 Å². The van der Waals surface area contributed by atoms with E-state index in [0.29, 0.717) is 6.42 Å². The first-order valence-corrected chi connectivity index (χ1v) is 13.9. The van der Waals surface area contributed by atoms with Crippen LogP contribution in [-0.2, 0) is 4.79 Å². The third-order valence-electron chi connectivity index (χ3n) is 5.78. The molecule has 2 unspecified atom stereocenters. The second kappa shape index (κ2) is 26.0. The average molecular weight is 476 g/mol. The maximum absolute atomic E-state index is 12.2. The topological polar surface area (TPSA) is 69.6 Å². The Morgan fingerprint density at radius 3 is 1.88 bits per heavy atom. The lowest BCUT2D eigenvalue weighted by Gasteiger charge is -2.19. The fraction of sp³-hybridized carbons (Fsp3) is 0.700. The summed E-state index contributed by atoms with van der Waals surface area (Å²) >= 11 is 0. The number of rotatable bonds is 23. The Morgan fingerprint density at radius 1 is 0.706 bits per heavy atom. The molecule has 4 nitrogen and oxygen atoms in total. The van der Waals surface area contributed by atoms with E-state index in [1.807, 2.05) is 6.08 Å². The van der Waals surface area contributed by atoms with Crippen molar-refractivity contribution in [3.63, 3.8) is 0 Å². The van der Waals surface area contributed by atoms with Crippen LogP contribution in [0.15, 0.2) is 48.6 Å². The summed E-state index contributed by atoms with van der Waals surface area (Å²) in [6.07, 6.45) is 33.2. The monoisotopic (exact) mass is 475 g/mol. The predicted molar refractivity (Wildman–Crippen MR) is 147 cm³/mol. The molecule has 2 atom stereocenters. The molecule has 4 heteroatoms. The summed E-state index contributed by atoms with van der Waals surface area (Å²) in [6.45, 7) is 4.14. The van der Waals surface area contributed by atoms with Crippen LogP contribution in [0.2, 0.25) is 0 Å². The molecule has 0 aliphatic carbocycles. The van der Waals surface area contributed by atoms with Crippen molar-refractivity contribution in [3.8, 4) is 0 Å². The number of allylic oxidation sites excluding steroid dienone is 7. The third kappa shape index (κ3) is 22.2. The Labute approximate surface area is 210 Å². The van der Waals surface area contributed by atoms with Crippen molar-refractivity contribution in [2.75, 3.05) is 6.61 Å². The number of aliphatic hydroxyl groups is 2. The normalized spacial score (nSPS) is 14.1. The molecule has 0 aliphatic heterocycles. The first-order valence-electron chi connectivity index (χ1n) is 13.9. The van der Waals surface area contributed by atoms with Gasteiger partial charge in [-0.25, -0.2) is 0 Å². The number of amides is 1. The maximum atomic E-state index is 12.2. The highest BCUT2D eigenvalue weighted by Gasteiger charge is 2.17. The van der Waals surface area contributed by atoms with Crippen LogP contribution in [0.25, 0.3) is 0 Å². The van der Waals surface area contributed by atoms with E-state index in [1.54, 1.807) is 6.08 Å². The van der Waals surface area contributed by atoms with Gasteiger partial charge in [-0.15, -0.1) is 0 Å². The second-order valence-corrected chi connectivity index (χ2v) is 9.09. The predicted octanol–water partition coefficient (Wildman–Crippen LogP) is 7.33. The summed E-state index contributed by atoms with van der Waals surface area (Å²) < 4.78 is 0. The molecule has 0 aromatic carbocycles. The van der Waals surface area contributed by atoms with Crippen LogP contribution < -0.4 is 5.32 Å². The first-order chi connectivity index (χ1) is 16.7. The highest BCUT2D eigenvalue weighted by molar-refractivity contribution is 5.76. The molecule has 0 rings (SSSR count). The molecule has 34 heavy (non-hydrogen) atoms. The molecule has 0 aliphatic rings. The van der Waals surface area contributed by atoms with E-state index in [1.165, 1.54) is 44.9 Å². The number of nitrogens with one attached hydrogen (secondary N) is 1. The van der Waals surface area contributed by atoms with Gasteiger partial charge in [-0.05, 0) is 51.4 Å². The zero-order valence-corrected chi connectivity index (χ0v) is 22.1. The summed E-state index contributed by atoms with van der Waals surface area (Å²) in [5, 5.41) is 22.5. The van der Waals surface area contributed by atoms with Crippen LogP contribution in [0.4, 0.5) is 0 Å². The summed E-state index contributed by atoms with van der Waals surface area (Å²) in [4.78, 5) is 12.2. The third-order valence-corrected chi connectivity index (χ3v) is 5.78.